The number of hydrogen-bond acceptors (Lipinski definition) is 4. The maximum Gasteiger partial charge on any atom is 0.337 e. The van der Waals surface area contributed by atoms with Crippen LogP contribution >= 0.6 is 11.8 Å². The van der Waals surface area contributed by atoms with Gasteiger partial charge in [0, 0.05) is 5.75 Å². The van der Waals surface area contributed by atoms with Crippen LogP contribution in [0.5, 0.6) is 5.75 Å². The Balaban J connectivity index is 1.84. The zero-order chi connectivity index (χ0) is 16.7. The van der Waals surface area contributed by atoms with E-state index in [-0.39, 0.29) is 17.2 Å². The average Bonchev–Trinajstić information content (AvgIpc) is 2.56. The van der Waals surface area contributed by atoms with Crippen molar-refractivity contribution in [3.63, 3.8) is 0 Å². The minimum absolute atomic E-state index is 0.0843. The quantitative estimate of drug-likeness (QED) is 0.814. The number of carboxylic acids is 1. The lowest BCUT2D eigenvalue weighted by Gasteiger charge is -2.08. The predicted molar refractivity (Wildman–Crippen MR) is 91.2 cm³/mol. The molecule has 2 N–H and O–H groups in total. The lowest BCUT2D eigenvalue weighted by molar-refractivity contribution is -0.113. The molecule has 0 atom stereocenters. The first-order chi connectivity index (χ1) is 11.1. The van der Waals surface area contributed by atoms with Gasteiger partial charge in [-0.25, -0.2) is 4.79 Å². The Hall–Kier alpha value is -2.47. The van der Waals surface area contributed by atoms with Gasteiger partial charge in [-0.05, 0) is 29.8 Å². The van der Waals surface area contributed by atoms with E-state index in [9.17, 15) is 9.59 Å². The molecule has 5 nitrogen and oxygen atoms in total. The molecule has 6 heteroatoms. The van der Waals surface area contributed by atoms with Crippen molar-refractivity contribution in [3.05, 3.63) is 59.7 Å². The lowest BCUT2D eigenvalue weighted by atomic mass is 10.2. The van der Waals surface area contributed by atoms with Crippen molar-refractivity contribution in [2.75, 3.05) is 18.2 Å². The molecule has 0 saturated carbocycles. The third-order valence-electron chi connectivity index (χ3n) is 3.09. The molecule has 0 aliphatic carbocycles. The number of methoxy groups -OCH3 is 1. The number of hydrogen-bond donors (Lipinski definition) is 2. The number of benzene rings is 2. The Kier molecular flexibility index (Phi) is 6.05. The summed E-state index contributed by atoms with van der Waals surface area (Å²) in [5.74, 6) is 0.448. The summed E-state index contributed by atoms with van der Waals surface area (Å²) in [5.41, 5.74) is 1.49. The molecule has 0 fully saturated rings. The van der Waals surface area contributed by atoms with E-state index in [1.54, 1.807) is 25.3 Å². The van der Waals surface area contributed by atoms with Crippen LogP contribution in [0.15, 0.2) is 48.5 Å². The first-order valence-corrected chi connectivity index (χ1v) is 8.08. The lowest BCUT2D eigenvalue weighted by Crippen LogP contribution is -2.16. The first kappa shape index (κ1) is 16.9. The zero-order valence-corrected chi connectivity index (χ0v) is 13.4. The van der Waals surface area contributed by atoms with E-state index in [4.69, 9.17) is 9.84 Å². The van der Waals surface area contributed by atoms with E-state index in [2.05, 4.69) is 5.32 Å². The molecule has 0 spiro atoms. The highest BCUT2D eigenvalue weighted by Gasteiger charge is 2.11. The molecule has 23 heavy (non-hydrogen) atoms. The standard InChI is InChI=1S/C17H17NO4S/c1-22-13-8-6-12(7-9-13)10-23-11-16(19)18-15-5-3-2-4-14(15)17(20)21/h2-9H,10-11H2,1H3,(H,18,19)(H,20,21). The van der Waals surface area contributed by atoms with Crippen LogP contribution in [0.1, 0.15) is 15.9 Å². The van der Waals surface area contributed by atoms with Crippen LogP contribution in [0, 0.1) is 0 Å². The fourth-order valence-electron chi connectivity index (χ4n) is 1.95. The molecule has 0 bridgehead atoms. The second-order valence-corrected chi connectivity index (χ2v) is 5.73. The number of anilines is 1. The van der Waals surface area contributed by atoms with E-state index in [0.29, 0.717) is 11.4 Å². The Bertz CT molecular complexity index is 685. The molecule has 0 aromatic heterocycles. The molecule has 0 saturated heterocycles. The maximum atomic E-state index is 11.9. The first-order valence-electron chi connectivity index (χ1n) is 6.93. The summed E-state index contributed by atoms with van der Waals surface area (Å²) in [6.45, 7) is 0. The molecule has 0 heterocycles. The molecule has 0 aliphatic rings. The average molecular weight is 331 g/mol. The fourth-order valence-corrected chi connectivity index (χ4v) is 2.74. The number of amides is 1. The van der Waals surface area contributed by atoms with Gasteiger partial charge in [-0.2, -0.15) is 0 Å². The van der Waals surface area contributed by atoms with Crippen LogP contribution in [0.4, 0.5) is 5.69 Å². The number of carbonyl (C=O) groups excluding carboxylic acids is 1. The summed E-state index contributed by atoms with van der Waals surface area (Å²) in [5, 5.41) is 11.7. The number of aromatic carboxylic acids is 1. The molecule has 0 unspecified atom stereocenters. The third kappa shape index (κ3) is 5.03. The minimum Gasteiger partial charge on any atom is -0.497 e. The van der Waals surface area contributed by atoms with Gasteiger partial charge in [0.05, 0.1) is 24.1 Å². The predicted octanol–water partition coefficient (Wildman–Crippen LogP) is 3.27. The van der Waals surface area contributed by atoms with E-state index in [0.717, 1.165) is 11.3 Å². The van der Waals surface area contributed by atoms with Crippen LogP contribution in [0.25, 0.3) is 0 Å². The summed E-state index contributed by atoms with van der Waals surface area (Å²) in [4.78, 5) is 23.0. The summed E-state index contributed by atoms with van der Waals surface area (Å²) >= 11 is 1.46. The minimum atomic E-state index is -1.06. The van der Waals surface area contributed by atoms with Crippen LogP contribution in [0.3, 0.4) is 0 Å². The van der Waals surface area contributed by atoms with Crippen LogP contribution in [-0.2, 0) is 10.5 Å². The highest BCUT2D eigenvalue weighted by molar-refractivity contribution is 7.99. The molecule has 0 aliphatic heterocycles. The van der Waals surface area contributed by atoms with Crippen LogP contribution < -0.4 is 10.1 Å². The summed E-state index contributed by atoms with van der Waals surface area (Å²) in [6, 6.07) is 14.0. The summed E-state index contributed by atoms with van der Waals surface area (Å²) in [7, 11) is 1.61. The second-order valence-electron chi connectivity index (χ2n) is 4.74. The zero-order valence-electron chi connectivity index (χ0n) is 12.6. The Morgan fingerprint density at radius 3 is 2.48 bits per heavy atom. The van der Waals surface area contributed by atoms with Crippen molar-refractivity contribution in [2.24, 2.45) is 0 Å². The van der Waals surface area contributed by atoms with Gasteiger partial charge in [-0.15, -0.1) is 11.8 Å². The van der Waals surface area contributed by atoms with Crippen molar-refractivity contribution < 1.29 is 19.4 Å². The number of rotatable bonds is 7. The van der Waals surface area contributed by atoms with E-state index in [1.165, 1.54) is 17.8 Å². The molecule has 2 aromatic rings. The largest absolute Gasteiger partial charge is 0.497 e. The van der Waals surface area contributed by atoms with Gasteiger partial charge in [0.25, 0.3) is 0 Å². The summed E-state index contributed by atoms with van der Waals surface area (Å²) < 4.78 is 5.09. The normalized spacial score (nSPS) is 10.1. The Labute approximate surface area is 138 Å². The number of thioether (sulfide) groups is 1. The monoisotopic (exact) mass is 331 g/mol. The molecule has 1 amide bonds. The fraction of sp³-hybridized carbons (Fsp3) is 0.176. The van der Waals surface area contributed by atoms with Gasteiger partial charge < -0.3 is 15.2 Å². The maximum absolute atomic E-state index is 11.9. The van der Waals surface area contributed by atoms with Gasteiger partial charge in [0.2, 0.25) is 5.91 Å². The SMILES string of the molecule is COc1ccc(CSCC(=O)Nc2ccccc2C(=O)O)cc1. The smallest absolute Gasteiger partial charge is 0.337 e. The van der Waals surface area contributed by atoms with E-state index < -0.39 is 5.97 Å². The number of nitrogens with one attached hydrogen (secondary N) is 1. The topological polar surface area (TPSA) is 75.6 Å². The molecule has 120 valence electrons. The second kappa shape index (κ2) is 8.24. The van der Waals surface area contributed by atoms with Crippen LogP contribution in [0.2, 0.25) is 0 Å². The van der Waals surface area contributed by atoms with Crippen molar-refractivity contribution in [1.29, 1.82) is 0 Å². The summed E-state index contributed by atoms with van der Waals surface area (Å²) in [6.07, 6.45) is 0. The van der Waals surface area contributed by atoms with Gasteiger partial charge in [-0.3, -0.25) is 4.79 Å². The number of para-hydroxylation sites is 1. The highest BCUT2D eigenvalue weighted by Crippen LogP contribution is 2.18. The number of ether oxygens (including phenoxy) is 1. The van der Waals surface area contributed by atoms with E-state index in [1.807, 2.05) is 24.3 Å². The van der Waals surface area contributed by atoms with Gasteiger partial charge in [-0.1, -0.05) is 24.3 Å². The van der Waals surface area contributed by atoms with Crippen molar-refractivity contribution in [1.82, 2.24) is 0 Å². The van der Waals surface area contributed by atoms with Crippen molar-refractivity contribution >= 4 is 29.3 Å². The molecule has 0 radical (unpaired) electrons. The molecule has 2 rings (SSSR count). The Morgan fingerprint density at radius 1 is 1.13 bits per heavy atom. The molecule has 2 aromatic carbocycles. The number of carbonyl (C=O) groups is 2. The number of carboxylic acid groups (broad SMARTS) is 1. The molecular formula is C17H17NO4S. The molecular weight excluding hydrogens is 314 g/mol. The van der Waals surface area contributed by atoms with Gasteiger partial charge in [0.15, 0.2) is 0 Å². The van der Waals surface area contributed by atoms with E-state index >= 15 is 0 Å². The van der Waals surface area contributed by atoms with Crippen molar-refractivity contribution in [2.45, 2.75) is 5.75 Å². The van der Waals surface area contributed by atoms with Gasteiger partial charge >= 0.3 is 5.97 Å². The highest BCUT2D eigenvalue weighted by atomic mass is 32.2. The third-order valence-corrected chi connectivity index (χ3v) is 4.10. The van der Waals surface area contributed by atoms with Crippen molar-refractivity contribution in [3.8, 4) is 5.75 Å². The Morgan fingerprint density at radius 2 is 1.83 bits per heavy atom. The van der Waals surface area contributed by atoms with Gasteiger partial charge in [0.1, 0.15) is 5.75 Å². The van der Waals surface area contributed by atoms with Crippen LogP contribution in [-0.4, -0.2) is 29.8 Å².